The van der Waals surface area contributed by atoms with E-state index in [4.69, 9.17) is 5.73 Å². The SMILES string of the molecule is NC(=O)c1cn[nH]c1C1CCCN1Cc1ccc(O)cc1. The van der Waals surface area contributed by atoms with Crippen LogP contribution in [0.25, 0.3) is 0 Å². The summed E-state index contributed by atoms with van der Waals surface area (Å²) in [5.41, 5.74) is 7.80. The minimum absolute atomic E-state index is 0.129. The highest BCUT2D eigenvalue weighted by Crippen LogP contribution is 2.33. The van der Waals surface area contributed by atoms with Crippen molar-refractivity contribution in [2.24, 2.45) is 5.73 Å². The molecule has 1 fully saturated rings. The summed E-state index contributed by atoms with van der Waals surface area (Å²) in [5, 5.41) is 16.2. The fraction of sp³-hybridized carbons (Fsp3) is 0.333. The van der Waals surface area contributed by atoms with Crippen LogP contribution in [0.4, 0.5) is 0 Å². The Kier molecular flexibility index (Phi) is 3.62. The number of phenolic OH excluding ortho intramolecular Hbond substituents is 1. The quantitative estimate of drug-likeness (QED) is 0.794. The van der Waals surface area contributed by atoms with E-state index in [1.165, 1.54) is 6.20 Å². The molecular formula is C15H18N4O2. The number of hydrogen-bond donors (Lipinski definition) is 3. The maximum absolute atomic E-state index is 11.5. The molecule has 1 aliphatic rings. The highest BCUT2D eigenvalue weighted by atomic mass is 16.3. The zero-order chi connectivity index (χ0) is 14.8. The molecule has 1 saturated heterocycles. The molecule has 1 aliphatic heterocycles. The van der Waals surface area contributed by atoms with Gasteiger partial charge in [0.1, 0.15) is 5.75 Å². The number of nitrogens with two attached hydrogens (primary N) is 1. The third kappa shape index (κ3) is 2.75. The van der Waals surface area contributed by atoms with E-state index in [2.05, 4.69) is 15.1 Å². The minimum Gasteiger partial charge on any atom is -0.508 e. The number of hydrogen-bond acceptors (Lipinski definition) is 4. The average molecular weight is 286 g/mol. The van der Waals surface area contributed by atoms with Crippen molar-refractivity contribution in [3.05, 3.63) is 47.3 Å². The fourth-order valence-electron chi connectivity index (χ4n) is 2.92. The number of aromatic hydroxyl groups is 1. The molecule has 110 valence electrons. The number of aromatic amines is 1. The van der Waals surface area contributed by atoms with Crippen LogP contribution in [-0.4, -0.2) is 32.7 Å². The maximum atomic E-state index is 11.5. The Bertz CT molecular complexity index is 635. The Labute approximate surface area is 122 Å². The van der Waals surface area contributed by atoms with Gasteiger partial charge in [-0.05, 0) is 37.1 Å². The molecule has 4 N–H and O–H groups in total. The molecule has 0 aliphatic carbocycles. The molecule has 1 atom stereocenters. The van der Waals surface area contributed by atoms with Gasteiger partial charge < -0.3 is 10.8 Å². The van der Waals surface area contributed by atoms with Gasteiger partial charge in [-0.3, -0.25) is 14.8 Å². The number of benzene rings is 1. The molecule has 0 spiro atoms. The Morgan fingerprint density at radius 1 is 1.43 bits per heavy atom. The number of H-pyrrole nitrogens is 1. The number of carbonyl (C=O) groups excluding carboxylic acids is 1. The Balaban J connectivity index is 1.80. The van der Waals surface area contributed by atoms with E-state index in [0.29, 0.717) is 5.56 Å². The van der Waals surface area contributed by atoms with Crippen LogP contribution < -0.4 is 5.73 Å². The maximum Gasteiger partial charge on any atom is 0.252 e. The predicted molar refractivity (Wildman–Crippen MR) is 77.6 cm³/mol. The monoisotopic (exact) mass is 286 g/mol. The van der Waals surface area contributed by atoms with E-state index in [1.54, 1.807) is 12.1 Å². The van der Waals surface area contributed by atoms with E-state index in [0.717, 1.165) is 37.2 Å². The van der Waals surface area contributed by atoms with E-state index < -0.39 is 5.91 Å². The van der Waals surface area contributed by atoms with Crippen molar-refractivity contribution in [1.82, 2.24) is 15.1 Å². The van der Waals surface area contributed by atoms with Crippen LogP contribution in [0.15, 0.2) is 30.5 Å². The van der Waals surface area contributed by atoms with Crippen molar-refractivity contribution in [2.75, 3.05) is 6.54 Å². The smallest absolute Gasteiger partial charge is 0.252 e. The van der Waals surface area contributed by atoms with Crippen LogP contribution in [0.5, 0.6) is 5.75 Å². The molecule has 2 aromatic rings. The average Bonchev–Trinajstić information content (AvgIpc) is 3.09. The van der Waals surface area contributed by atoms with Gasteiger partial charge in [-0.1, -0.05) is 12.1 Å². The van der Waals surface area contributed by atoms with E-state index in [-0.39, 0.29) is 11.8 Å². The van der Waals surface area contributed by atoms with E-state index in [9.17, 15) is 9.90 Å². The van der Waals surface area contributed by atoms with Gasteiger partial charge in [-0.15, -0.1) is 0 Å². The Morgan fingerprint density at radius 3 is 2.90 bits per heavy atom. The molecule has 6 nitrogen and oxygen atoms in total. The highest BCUT2D eigenvalue weighted by Gasteiger charge is 2.30. The molecule has 0 radical (unpaired) electrons. The lowest BCUT2D eigenvalue weighted by molar-refractivity contribution is 0.0997. The Hall–Kier alpha value is -2.34. The number of primary amides is 1. The number of likely N-dealkylation sites (tertiary alicyclic amines) is 1. The van der Waals surface area contributed by atoms with Crippen LogP contribution in [0.2, 0.25) is 0 Å². The summed E-state index contributed by atoms with van der Waals surface area (Å²) in [7, 11) is 0. The first-order valence-electron chi connectivity index (χ1n) is 7.00. The van der Waals surface area contributed by atoms with Crippen LogP contribution in [0, 0.1) is 0 Å². The topological polar surface area (TPSA) is 95.2 Å². The second-order valence-electron chi connectivity index (χ2n) is 5.36. The second-order valence-corrected chi connectivity index (χ2v) is 5.36. The van der Waals surface area contributed by atoms with Gasteiger partial charge in [-0.2, -0.15) is 5.10 Å². The van der Waals surface area contributed by atoms with Gasteiger partial charge in [0.25, 0.3) is 5.91 Å². The first-order valence-corrected chi connectivity index (χ1v) is 7.00. The molecule has 3 rings (SSSR count). The number of nitrogens with zero attached hydrogens (tertiary/aromatic N) is 2. The first kappa shape index (κ1) is 13.6. The zero-order valence-corrected chi connectivity index (χ0v) is 11.6. The van der Waals surface area contributed by atoms with Gasteiger partial charge in [0, 0.05) is 6.54 Å². The van der Waals surface area contributed by atoms with Gasteiger partial charge in [0.15, 0.2) is 0 Å². The van der Waals surface area contributed by atoms with Crippen molar-refractivity contribution in [3.63, 3.8) is 0 Å². The standard InChI is InChI=1S/C15H18N4O2/c16-15(21)12-8-17-18-14(12)13-2-1-7-19(13)9-10-3-5-11(20)6-4-10/h3-6,8,13,20H,1-2,7,9H2,(H2,16,21)(H,17,18). The van der Waals surface area contributed by atoms with Gasteiger partial charge in [0.05, 0.1) is 23.5 Å². The summed E-state index contributed by atoms with van der Waals surface area (Å²) in [6.07, 6.45) is 3.54. The van der Waals surface area contributed by atoms with Gasteiger partial charge in [-0.25, -0.2) is 0 Å². The van der Waals surface area contributed by atoms with Crippen LogP contribution >= 0.6 is 0 Å². The lowest BCUT2D eigenvalue weighted by atomic mass is 10.1. The number of amides is 1. The summed E-state index contributed by atoms with van der Waals surface area (Å²) in [5.74, 6) is -0.184. The molecule has 21 heavy (non-hydrogen) atoms. The molecular weight excluding hydrogens is 268 g/mol. The van der Waals surface area contributed by atoms with Gasteiger partial charge in [0.2, 0.25) is 0 Å². The lowest BCUT2D eigenvalue weighted by Crippen LogP contribution is -2.25. The van der Waals surface area contributed by atoms with Crippen molar-refractivity contribution in [2.45, 2.75) is 25.4 Å². The predicted octanol–water partition coefficient (Wildman–Crippen LogP) is 1.55. The van der Waals surface area contributed by atoms with Crippen LogP contribution in [0.1, 0.15) is 40.5 Å². The first-order chi connectivity index (χ1) is 10.1. The summed E-state index contributed by atoms with van der Waals surface area (Å²) in [6.45, 7) is 1.73. The molecule has 1 aromatic carbocycles. The largest absolute Gasteiger partial charge is 0.508 e. The molecule has 1 amide bonds. The normalized spacial score (nSPS) is 19.0. The fourth-order valence-corrected chi connectivity index (χ4v) is 2.92. The van der Waals surface area contributed by atoms with Crippen LogP contribution in [-0.2, 0) is 6.54 Å². The second kappa shape index (κ2) is 5.57. The van der Waals surface area contributed by atoms with E-state index >= 15 is 0 Å². The molecule has 1 aromatic heterocycles. The highest BCUT2D eigenvalue weighted by molar-refractivity contribution is 5.93. The van der Waals surface area contributed by atoms with Crippen molar-refractivity contribution in [1.29, 1.82) is 0 Å². The summed E-state index contributed by atoms with van der Waals surface area (Å²) >= 11 is 0. The van der Waals surface area contributed by atoms with Crippen molar-refractivity contribution in [3.8, 4) is 5.75 Å². The molecule has 2 heterocycles. The molecule has 0 bridgehead atoms. The number of aromatic nitrogens is 2. The molecule has 1 unspecified atom stereocenters. The summed E-state index contributed by atoms with van der Waals surface area (Å²) < 4.78 is 0. The van der Waals surface area contributed by atoms with Gasteiger partial charge >= 0.3 is 0 Å². The molecule has 0 saturated carbocycles. The third-order valence-electron chi connectivity index (χ3n) is 3.95. The number of nitrogens with one attached hydrogen (secondary N) is 1. The Morgan fingerprint density at radius 2 is 2.19 bits per heavy atom. The number of rotatable bonds is 4. The molecule has 6 heteroatoms. The number of carbonyl (C=O) groups is 1. The van der Waals surface area contributed by atoms with Crippen LogP contribution in [0.3, 0.4) is 0 Å². The van der Waals surface area contributed by atoms with Crippen molar-refractivity contribution >= 4 is 5.91 Å². The van der Waals surface area contributed by atoms with E-state index in [1.807, 2.05) is 12.1 Å². The zero-order valence-electron chi connectivity index (χ0n) is 11.6. The lowest BCUT2D eigenvalue weighted by Gasteiger charge is -2.24. The number of phenols is 1. The summed E-state index contributed by atoms with van der Waals surface area (Å²) in [6, 6.07) is 7.32. The minimum atomic E-state index is -0.449. The summed E-state index contributed by atoms with van der Waals surface area (Å²) in [4.78, 5) is 13.8. The third-order valence-corrected chi connectivity index (χ3v) is 3.95. The van der Waals surface area contributed by atoms with Crippen molar-refractivity contribution < 1.29 is 9.90 Å².